The van der Waals surface area contributed by atoms with Crippen LogP contribution in [0.1, 0.15) is 5.56 Å². The fourth-order valence-corrected chi connectivity index (χ4v) is 3.18. The molecule has 0 radical (unpaired) electrons. The zero-order valence-electron chi connectivity index (χ0n) is 14.6. The van der Waals surface area contributed by atoms with Crippen molar-refractivity contribution in [2.24, 2.45) is 5.10 Å². The first-order chi connectivity index (χ1) is 13.6. The van der Waals surface area contributed by atoms with Crippen LogP contribution >= 0.6 is 23.1 Å². The molecule has 0 aliphatic rings. The topological polar surface area (TPSA) is 153 Å². The van der Waals surface area contributed by atoms with Gasteiger partial charge >= 0.3 is 0 Å². The lowest BCUT2D eigenvalue weighted by atomic mass is 10.2. The Hall–Kier alpha value is -3.32. The summed E-state index contributed by atoms with van der Waals surface area (Å²) >= 11 is 2.46. The van der Waals surface area contributed by atoms with Crippen LogP contribution in [0.2, 0.25) is 0 Å². The maximum atomic E-state index is 11.9. The summed E-state index contributed by atoms with van der Waals surface area (Å²) in [6.07, 6.45) is 3.08. The van der Waals surface area contributed by atoms with Crippen LogP contribution in [0.25, 0.3) is 0 Å². The Bertz CT molecular complexity index is 974. The van der Waals surface area contributed by atoms with Crippen molar-refractivity contribution >= 4 is 46.3 Å². The van der Waals surface area contributed by atoms with Gasteiger partial charge in [-0.05, 0) is 23.8 Å². The Morgan fingerprint density at radius 1 is 1.50 bits per heavy atom. The normalized spacial score (nSPS) is 10.9. The molecule has 11 nitrogen and oxygen atoms in total. The van der Waals surface area contributed by atoms with Crippen molar-refractivity contribution in [1.82, 2.24) is 19.9 Å². The van der Waals surface area contributed by atoms with Crippen LogP contribution in [0.3, 0.4) is 0 Å². The average Bonchev–Trinajstić information content (AvgIpc) is 3.31. The summed E-state index contributed by atoms with van der Waals surface area (Å²) in [5.41, 5.74) is 3.29. The van der Waals surface area contributed by atoms with E-state index in [9.17, 15) is 9.90 Å². The van der Waals surface area contributed by atoms with E-state index in [1.807, 2.05) is 0 Å². The van der Waals surface area contributed by atoms with Gasteiger partial charge in [0.25, 0.3) is 5.95 Å². The van der Waals surface area contributed by atoms with Crippen LogP contribution in [0.5, 0.6) is 11.5 Å². The standard InChI is InChI=1S/C15H16N8O3S2/c1-26-11-3-2-9(6-10(11)24)7-18-20-13-21-22-15(23(13)16)28-8-12(25)19-14-17-4-5-27-14/h2-7,24H,8,16H2,1H3,(H,20,21)(H,17,19,25)/b18-7+. The van der Waals surface area contributed by atoms with Gasteiger partial charge in [0.2, 0.25) is 11.1 Å². The van der Waals surface area contributed by atoms with Crippen LogP contribution in [0.15, 0.2) is 40.0 Å². The van der Waals surface area contributed by atoms with Gasteiger partial charge in [0.15, 0.2) is 16.6 Å². The van der Waals surface area contributed by atoms with Crippen LogP contribution in [-0.4, -0.2) is 49.9 Å². The van der Waals surface area contributed by atoms with Gasteiger partial charge < -0.3 is 21.0 Å². The van der Waals surface area contributed by atoms with Crippen LogP contribution in [-0.2, 0) is 4.79 Å². The Morgan fingerprint density at radius 3 is 3.07 bits per heavy atom. The maximum Gasteiger partial charge on any atom is 0.264 e. The number of carbonyl (C=O) groups is 1. The minimum Gasteiger partial charge on any atom is -0.504 e. The minimum absolute atomic E-state index is 0.00292. The number of rotatable bonds is 8. The number of thiazole rings is 1. The monoisotopic (exact) mass is 420 g/mol. The highest BCUT2D eigenvalue weighted by Crippen LogP contribution is 2.25. The number of phenolic OH excluding ortho intramolecular Hbond substituents is 1. The molecule has 0 saturated heterocycles. The Kier molecular flexibility index (Phi) is 6.29. The second-order valence-electron chi connectivity index (χ2n) is 5.15. The van der Waals surface area contributed by atoms with Crippen LogP contribution in [0.4, 0.5) is 11.1 Å². The fraction of sp³-hybridized carbons (Fsp3) is 0.133. The highest BCUT2D eigenvalue weighted by atomic mass is 32.2. The molecule has 2 heterocycles. The fourth-order valence-electron chi connectivity index (χ4n) is 1.97. The molecule has 3 rings (SSSR count). The van der Waals surface area contributed by atoms with Crippen LogP contribution in [0, 0.1) is 0 Å². The predicted molar refractivity (Wildman–Crippen MR) is 108 cm³/mol. The van der Waals surface area contributed by atoms with E-state index in [4.69, 9.17) is 10.6 Å². The van der Waals surface area contributed by atoms with E-state index in [0.29, 0.717) is 21.6 Å². The minimum atomic E-state index is -0.227. The lowest BCUT2D eigenvalue weighted by molar-refractivity contribution is -0.113. The molecule has 0 fully saturated rings. The number of aromatic nitrogens is 4. The molecule has 28 heavy (non-hydrogen) atoms. The van der Waals surface area contributed by atoms with E-state index >= 15 is 0 Å². The number of thioether (sulfide) groups is 1. The molecule has 13 heteroatoms. The van der Waals surface area contributed by atoms with Crippen molar-refractivity contribution < 1.29 is 14.6 Å². The van der Waals surface area contributed by atoms with Crippen molar-refractivity contribution in [3.8, 4) is 11.5 Å². The van der Waals surface area contributed by atoms with E-state index in [-0.39, 0.29) is 23.4 Å². The highest BCUT2D eigenvalue weighted by molar-refractivity contribution is 7.99. The number of methoxy groups -OCH3 is 1. The van der Waals surface area contributed by atoms with Gasteiger partial charge in [-0.2, -0.15) is 5.10 Å². The summed E-state index contributed by atoms with van der Waals surface area (Å²) in [5.74, 6) is 6.34. The molecular weight excluding hydrogens is 404 g/mol. The SMILES string of the molecule is COc1ccc(/C=N/Nc2nnc(SCC(=O)Nc3nccs3)n2N)cc1O. The smallest absolute Gasteiger partial charge is 0.264 e. The zero-order valence-corrected chi connectivity index (χ0v) is 16.2. The summed E-state index contributed by atoms with van der Waals surface area (Å²) in [6.45, 7) is 0. The number of aromatic hydroxyl groups is 1. The molecular formula is C15H16N8O3S2. The quantitative estimate of drug-likeness (QED) is 0.183. The van der Waals surface area contributed by atoms with Crippen molar-refractivity contribution in [3.63, 3.8) is 0 Å². The number of ether oxygens (including phenoxy) is 1. The van der Waals surface area contributed by atoms with E-state index in [2.05, 4.69) is 31.0 Å². The third-order valence-electron chi connectivity index (χ3n) is 3.26. The number of phenols is 1. The lowest BCUT2D eigenvalue weighted by Gasteiger charge is -2.04. The summed E-state index contributed by atoms with van der Waals surface area (Å²) in [7, 11) is 1.47. The third-order valence-corrected chi connectivity index (χ3v) is 4.89. The van der Waals surface area contributed by atoms with Crippen molar-refractivity contribution in [3.05, 3.63) is 35.3 Å². The van der Waals surface area contributed by atoms with E-state index in [1.165, 1.54) is 35.4 Å². The first kappa shape index (κ1) is 19.4. The molecule has 1 amide bonds. The molecule has 0 atom stereocenters. The molecule has 2 aromatic heterocycles. The largest absolute Gasteiger partial charge is 0.504 e. The number of nitrogens with two attached hydrogens (primary N) is 1. The number of benzene rings is 1. The van der Waals surface area contributed by atoms with Gasteiger partial charge in [-0.25, -0.2) is 15.1 Å². The first-order valence-electron chi connectivity index (χ1n) is 7.75. The number of hydrazone groups is 1. The van der Waals surface area contributed by atoms with Gasteiger partial charge in [0, 0.05) is 11.6 Å². The number of amides is 1. The molecule has 5 N–H and O–H groups in total. The van der Waals surface area contributed by atoms with Gasteiger partial charge in [0.05, 0.1) is 19.1 Å². The number of nitrogens with one attached hydrogen (secondary N) is 2. The number of nitrogen functional groups attached to an aromatic ring is 1. The molecule has 0 aliphatic heterocycles. The highest BCUT2D eigenvalue weighted by Gasteiger charge is 2.12. The summed E-state index contributed by atoms with van der Waals surface area (Å²) in [6, 6.07) is 4.84. The Balaban J connectivity index is 1.54. The summed E-state index contributed by atoms with van der Waals surface area (Å²) in [5, 5.41) is 26.8. The number of carbonyl (C=O) groups excluding carboxylic acids is 1. The van der Waals surface area contributed by atoms with E-state index in [1.54, 1.807) is 23.7 Å². The number of nitrogens with zero attached hydrogens (tertiary/aromatic N) is 5. The molecule has 0 spiro atoms. The Labute approximate surface area is 167 Å². The maximum absolute atomic E-state index is 11.9. The second kappa shape index (κ2) is 9.05. The average molecular weight is 420 g/mol. The predicted octanol–water partition coefficient (Wildman–Crippen LogP) is 1.34. The van der Waals surface area contributed by atoms with Crippen molar-refractivity contribution in [2.75, 3.05) is 29.4 Å². The van der Waals surface area contributed by atoms with Crippen molar-refractivity contribution in [2.45, 2.75) is 5.16 Å². The second-order valence-corrected chi connectivity index (χ2v) is 6.99. The van der Waals surface area contributed by atoms with E-state index in [0.717, 1.165) is 11.8 Å². The molecule has 146 valence electrons. The molecule has 0 unspecified atom stereocenters. The summed E-state index contributed by atoms with van der Waals surface area (Å²) in [4.78, 5) is 15.8. The third kappa shape index (κ3) is 4.89. The van der Waals surface area contributed by atoms with Gasteiger partial charge in [-0.3, -0.25) is 4.79 Å². The van der Waals surface area contributed by atoms with Crippen LogP contribution < -0.4 is 21.3 Å². The number of hydrogen-bond acceptors (Lipinski definition) is 11. The Morgan fingerprint density at radius 2 is 2.36 bits per heavy atom. The zero-order chi connectivity index (χ0) is 19.9. The molecule has 1 aromatic carbocycles. The number of anilines is 2. The van der Waals surface area contributed by atoms with Gasteiger partial charge in [-0.15, -0.1) is 21.5 Å². The summed E-state index contributed by atoms with van der Waals surface area (Å²) < 4.78 is 6.16. The number of hydrogen-bond donors (Lipinski definition) is 4. The van der Waals surface area contributed by atoms with Gasteiger partial charge in [0.1, 0.15) is 0 Å². The van der Waals surface area contributed by atoms with Gasteiger partial charge in [-0.1, -0.05) is 11.8 Å². The molecule has 0 bridgehead atoms. The molecule has 0 saturated carbocycles. The first-order valence-corrected chi connectivity index (χ1v) is 9.62. The molecule has 3 aromatic rings. The lowest BCUT2D eigenvalue weighted by Crippen LogP contribution is -2.16. The van der Waals surface area contributed by atoms with Crippen molar-refractivity contribution in [1.29, 1.82) is 0 Å². The molecule has 0 aliphatic carbocycles. The van der Waals surface area contributed by atoms with E-state index < -0.39 is 0 Å².